The molecule has 8 heteroatoms. The van der Waals surface area contributed by atoms with Crippen molar-refractivity contribution in [3.8, 4) is 17.1 Å². The Bertz CT molecular complexity index is 1770. The second kappa shape index (κ2) is 11.9. The van der Waals surface area contributed by atoms with Gasteiger partial charge in [0, 0.05) is 16.5 Å². The van der Waals surface area contributed by atoms with E-state index in [1.165, 1.54) is 22.0 Å². The quantitative estimate of drug-likeness (QED) is 0.163. The summed E-state index contributed by atoms with van der Waals surface area (Å²) < 4.78 is 14.2. The normalized spacial score (nSPS) is 11.7. The molecular formula is C32H30BrN3O3S. The van der Waals surface area contributed by atoms with Crippen molar-refractivity contribution in [1.29, 1.82) is 0 Å². The molecule has 0 radical (unpaired) electrons. The van der Waals surface area contributed by atoms with Crippen molar-refractivity contribution in [2.24, 2.45) is 5.10 Å². The molecule has 0 fully saturated rings. The lowest BCUT2D eigenvalue weighted by molar-refractivity contribution is 0.335. The fraction of sp³-hybridized carbons (Fsp3) is 0.219. The number of hydrogen-bond donors (Lipinski definition) is 0. The monoisotopic (exact) mass is 615 g/mol. The third kappa shape index (κ3) is 5.78. The molecule has 0 aliphatic heterocycles. The summed E-state index contributed by atoms with van der Waals surface area (Å²) >= 11 is 5.11. The Hall–Kier alpha value is -3.62. The highest BCUT2D eigenvalue weighted by Gasteiger charge is 2.19. The van der Waals surface area contributed by atoms with Crippen LogP contribution < -0.4 is 10.3 Å². The Morgan fingerprint density at radius 3 is 2.58 bits per heavy atom. The van der Waals surface area contributed by atoms with Gasteiger partial charge in [-0.1, -0.05) is 55.4 Å². The molecule has 0 aliphatic rings. The van der Waals surface area contributed by atoms with Gasteiger partial charge in [-0.15, -0.1) is 0 Å². The topological polar surface area (TPSA) is 69.6 Å². The van der Waals surface area contributed by atoms with Crippen molar-refractivity contribution in [3.63, 3.8) is 0 Å². The predicted molar refractivity (Wildman–Crippen MR) is 166 cm³/mol. The third-order valence-corrected chi connectivity index (χ3v) is 8.33. The molecule has 2 aromatic heterocycles. The van der Waals surface area contributed by atoms with Crippen molar-refractivity contribution in [2.75, 3.05) is 6.61 Å². The van der Waals surface area contributed by atoms with Crippen LogP contribution in [0.4, 0.5) is 0 Å². The number of nitrogens with zero attached hydrogens (tertiary/aromatic N) is 3. The fourth-order valence-corrected chi connectivity index (χ4v) is 5.74. The number of aromatic nitrogens is 2. The lowest BCUT2D eigenvalue weighted by Gasteiger charge is -2.18. The smallest absolute Gasteiger partial charge is 0.282 e. The molecule has 0 saturated carbocycles. The van der Waals surface area contributed by atoms with Crippen LogP contribution in [0.3, 0.4) is 0 Å². The van der Waals surface area contributed by atoms with E-state index in [0.717, 1.165) is 31.8 Å². The lowest BCUT2D eigenvalue weighted by atomic mass is 9.96. The van der Waals surface area contributed by atoms with Crippen LogP contribution in [0.25, 0.3) is 22.3 Å². The van der Waals surface area contributed by atoms with Crippen LogP contribution in [0, 0.1) is 13.8 Å². The number of rotatable bonds is 8. The fourth-order valence-electron chi connectivity index (χ4n) is 4.41. The van der Waals surface area contributed by atoms with E-state index in [1.54, 1.807) is 12.3 Å². The van der Waals surface area contributed by atoms with Crippen molar-refractivity contribution in [3.05, 3.63) is 104 Å². The molecule has 0 bridgehead atoms. The summed E-state index contributed by atoms with van der Waals surface area (Å²) in [5.74, 6) is 2.03. The van der Waals surface area contributed by atoms with Gasteiger partial charge in [0.05, 0.1) is 28.2 Å². The maximum Gasteiger partial charge on any atom is 0.282 e. The number of hydrogen-bond acceptors (Lipinski definition) is 6. The minimum atomic E-state index is -0.254. The van der Waals surface area contributed by atoms with Crippen LogP contribution in [0.5, 0.6) is 5.75 Å². The number of benzene rings is 3. The van der Waals surface area contributed by atoms with E-state index in [2.05, 4.69) is 72.1 Å². The Morgan fingerprint density at radius 1 is 1.10 bits per heavy atom. The van der Waals surface area contributed by atoms with E-state index in [9.17, 15) is 4.79 Å². The van der Waals surface area contributed by atoms with E-state index in [0.29, 0.717) is 34.2 Å². The summed E-state index contributed by atoms with van der Waals surface area (Å²) in [5, 5.41) is 5.81. The highest BCUT2D eigenvalue weighted by atomic mass is 79.9. The average molecular weight is 617 g/mol. The Kier molecular flexibility index (Phi) is 8.28. The summed E-state index contributed by atoms with van der Waals surface area (Å²) in [6.45, 7) is 10.8. The van der Waals surface area contributed by atoms with E-state index < -0.39 is 0 Å². The van der Waals surface area contributed by atoms with Gasteiger partial charge in [-0.3, -0.25) is 4.79 Å². The van der Waals surface area contributed by atoms with Gasteiger partial charge in [-0.2, -0.15) is 9.78 Å². The van der Waals surface area contributed by atoms with Gasteiger partial charge in [0.1, 0.15) is 11.5 Å². The van der Waals surface area contributed by atoms with Crippen molar-refractivity contribution in [1.82, 2.24) is 9.66 Å². The van der Waals surface area contributed by atoms with Crippen LogP contribution >= 0.6 is 27.7 Å². The highest BCUT2D eigenvalue weighted by molar-refractivity contribution is 9.10. The molecule has 0 spiro atoms. The van der Waals surface area contributed by atoms with Gasteiger partial charge in [0.25, 0.3) is 5.56 Å². The molecule has 40 heavy (non-hydrogen) atoms. The molecule has 3 aromatic carbocycles. The summed E-state index contributed by atoms with van der Waals surface area (Å²) in [5.41, 5.74) is 4.37. The first-order valence-electron chi connectivity index (χ1n) is 13.1. The van der Waals surface area contributed by atoms with Crippen molar-refractivity contribution in [2.45, 2.75) is 50.5 Å². The first-order chi connectivity index (χ1) is 19.2. The number of aryl methyl sites for hydroxylation is 2. The SMILES string of the molecule is CCOc1cc(C)c(-c2nc3ccccc3c(=O)n2N=Cc2cc(Br)c(Sc3ccc(C)cc3)o2)cc1C(C)C. The van der Waals surface area contributed by atoms with Crippen molar-refractivity contribution >= 4 is 44.8 Å². The molecule has 0 atom stereocenters. The molecule has 2 heterocycles. The highest BCUT2D eigenvalue weighted by Crippen LogP contribution is 2.36. The molecule has 0 saturated heterocycles. The molecule has 204 valence electrons. The zero-order valence-corrected chi connectivity index (χ0v) is 25.5. The molecule has 6 nitrogen and oxygen atoms in total. The van der Waals surface area contributed by atoms with Gasteiger partial charge in [-0.05, 0) is 90.1 Å². The van der Waals surface area contributed by atoms with Crippen LogP contribution in [0.1, 0.15) is 49.1 Å². The zero-order valence-electron chi connectivity index (χ0n) is 23.1. The molecule has 5 aromatic rings. The van der Waals surface area contributed by atoms with Crippen LogP contribution in [-0.2, 0) is 0 Å². The maximum atomic E-state index is 13.7. The molecule has 0 aliphatic carbocycles. The van der Waals surface area contributed by atoms with E-state index >= 15 is 0 Å². The van der Waals surface area contributed by atoms with E-state index in [-0.39, 0.29) is 11.5 Å². The first-order valence-corrected chi connectivity index (χ1v) is 14.7. The summed E-state index contributed by atoms with van der Waals surface area (Å²) in [7, 11) is 0. The van der Waals surface area contributed by atoms with Gasteiger partial charge < -0.3 is 9.15 Å². The Labute approximate surface area is 246 Å². The zero-order chi connectivity index (χ0) is 28.4. The minimum absolute atomic E-state index is 0.218. The van der Waals surface area contributed by atoms with E-state index in [4.69, 9.17) is 14.1 Å². The minimum Gasteiger partial charge on any atom is -0.494 e. The maximum absolute atomic E-state index is 13.7. The van der Waals surface area contributed by atoms with Crippen molar-refractivity contribution < 1.29 is 9.15 Å². The third-order valence-electron chi connectivity index (χ3n) is 6.48. The van der Waals surface area contributed by atoms with Crippen LogP contribution in [0.2, 0.25) is 0 Å². The predicted octanol–water partition coefficient (Wildman–Crippen LogP) is 8.59. The number of furan rings is 1. The second-order valence-corrected chi connectivity index (χ2v) is 11.7. The average Bonchev–Trinajstić information content (AvgIpc) is 3.28. The largest absolute Gasteiger partial charge is 0.494 e. The van der Waals surface area contributed by atoms with Gasteiger partial charge in [-0.25, -0.2) is 4.98 Å². The van der Waals surface area contributed by atoms with Gasteiger partial charge >= 0.3 is 0 Å². The number of halogens is 1. The number of fused-ring (bicyclic) bond motifs is 1. The summed E-state index contributed by atoms with van der Waals surface area (Å²) in [4.78, 5) is 19.7. The summed E-state index contributed by atoms with van der Waals surface area (Å²) in [6.07, 6.45) is 1.55. The molecular weight excluding hydrogens is 586 g/mol. The lowest BCUT2D eigenvalue weighted by Crippen LogP contribution is -2.20. The Balaban J connectivity index is 1.61. The van der Waals surface area contributed by atoms with E-state index in [1.807, 2.05) is 44.2 Å². The van der Waals surface area contributed by atoms with Crippen LogP contribution in [-0.4, -0.2) is 22.5 Å². The number of para-hydroxylation sites is 1. The summed E-state index contributed by atoms with van der Waals surface area (Å²) in [6, 6.07) is 21.5. The molecule has 0 N–H and O–H groups in total. The first kappa shape index (κ1) is 27.9. The second-order valence-electron chi connectivity index (χ2n) is 9.81. The molecule has 0 amide bonds. The van der Waals surface area contributed by atoms with Gasteiger partial charge in [0.2, 0.25) is 0 Å². The van der Waals surface area contributed by atoms with Crippen LogP contribution in [0.15, 0.2) is 95.5 Å². The standard InChI is InChI=1S/C32H30BrN3O3S/c1-6-38-29-15-21(5)26(17-25(29)19(2)3)30-35-28-10-8-7-9-24(28)31(37)36(30)34-18-22-16-27(33)32(39-22)40-23-13-11-20(4)12-14-23/h7-19H,6H2,1-5H3. The number of ether oxygens (including phenoxy) is 1. The molecule has 5 rings (SSSR count). The van der Waals surface area contributed by atoms with Gasteiger partial charge in [0.15, 0.2) is 10.9 Å². The molecule has 0 unspecified atom stereocenters. The Morgan fingerprint density at radius 2 is 1.85 bits per heavy atom.